The highest BCUT2D eigenvalue weighted by Crippen LogP contribution is 2.26. The van der Waals surface area contributed by atoms with Crippen LogP contribution in [-0.2, 0) is 0 Å². The van der Waals surface area contributed by atoms with Crippen LogP contribution >= 0.6 is 0 Å². The molecule has 0 saturated carbocycles. The van der Waals surface area contributed by atoms with Crippen molar-refractivity contribution in [3.63, 3.8) is 0 Å². The molecule has 0 atom stereocenters. The van der Waals surface area contributed by atoms with Gasteiger partial charge in [-0.1, -0.05) is 6.07 Å². The second-order valence-electron chi connectivity index (χ2n) is 2.81. The summed E-state index contributed by atoms with van der Waals surface area (Å²) in [6.07, 6.45) is 0. The normalized spacial score (nSPS) is 10.9. The summed E-state index contributed by atoms with van der Waals surface area (Å²) in [7, 11) is 0. The number of nitrogens with zero attached hydrogens (tertiary/aromatic N) is 1. The van der Waals surface area contributed by atoms with E-state index in [1.807, 2.05) is 0 Å². The van der Waals surface area contributed by atoms with Crippen molar-refractivity contribution in [2.24, 2.45) is 0 Å². The number of aromatic nitrogens is 1. The van der Waals surface area contributed by atoms with Gasteiger partial charge in [0.2, 0.25) is 0 Å². The topological polar surface area (TPSA) is 72.6 Å². The molecule has 1 heterocycles. The maximum Gasteiger partial charge on any atom is 0.392 e. The Labute approximate surface area is 87.3 Å². The lowest BCUT2D eigenvalue weighted by molar-refractivity contribution is -0.0489. The van der Waals surface area contributed by atoms with Crippen molar-refractivity contribution in [2.45, 2.75) is 6.61 Å². The van der Waals surface area contributed by atoms with Crippen LogP contribution in [0.4, 0.5) is 8.78 Å². The van der Waals surface area contributed by atoms with Crippen molar-refractivity contribution in [2.75, 3.05) is 0 Å². The third kappa shape index (κ3) is 1.79. The van der Waals surface area contributed by atoms with E-state index in [-0.39, 0.29) is 16.8 Å². The lowest BCUT2D eigenvalue weighted by Gasteiger charge is -2.02. The van der Waals surface area contributed by atoms with Gasteiger partial charge in [-0.2, -0.15) is 13.8 Å². The molecule has 7 heteroatoms. The number of ether oxygens (including phenoxy) is 1. The van der Waals surface area contributed by atoms with Crippen molar-refractivity contribution in [3.8, 4) is 5.75 Å². The number of para-hydroxylation sites is 1. The third-order valence-electron chi connectivity index (χ3n) is 1.78. The van der Waals surface area contributed by atoms with Gasteiger partial charge in [-0.05, 0) is 12.1 Å². The number of aromatic carboxylic acids is 1. The Bertz CT molecular complexity index is 537. The van der Waals surface area contributed by atoms with E-state index in [0.717, 1.165) is 0 Å². The van der Waals surface area contributed by atoms with Gasteiger partial charge in [0.25, 0.3) is 0 Å². The highest BCUT2D eigenvalue weighted by molar-refractivity contribution is 5.88. The molecule has 0 radical (unpaired) electrons. The molecule has 84 valence electrons. The minimum atomic E-state index is -3.00. The van der Waals surface area contributed by atoms with Crippen LogP contribution in [0.3, 0.4) is 0 Å². The minimum absolute atomic E-state index is 0.0415. The summed E-state index contributed by atoms with van der Waals surface area (Å²) in [5.74, 6) is -2.16. The fourth-order valence-corrected chi connectivity index (χ4v) is 1.21. The van der Waals surface area contributed by atoms with Crippen molar-refractivity contribution in [1.29, 1.82) is 0 Å². The van der Waals surface area contributed by atoms with Gasteiger partial charge in [-0.25, -0.2) is 4.79 Å². The van der Waals surface area contributed by atoms with Crippen molar-refractivity contribution in [1.82, 2.24) is 4.98 Å². The van der Waals surface area contributed by atoms with Crippen molar-refractivity contribution >= 4 is 17.1 Å². The predicted octanol–water partition coefficient (Wildman–Crippen LogP) is 2.13. The first kappa shape index (κ1) is 10.3. The average Bonchev–Trinajstić information content (AvgIpc) is 2.61. The monoisotopic (exact) mass is 229 g/mol. The lowest BCUT2D eigenvalue weighted by Crippen LogP contribution is -2.02. The van der Waals surface area contributed by atoms with Crippen LogP contribution in [0.2, 0.25) is 0 Å². The van der Waals surface area contributed by atoms with Gasteiger partial charge < -0.3 is 14.3 Å². The summed E-state index contributed by atoms with van der Waals surface area (Å²) in [5, 5.41) is 8.61. The number of carboxylic acid groups (broad SMARTS) is 1. The van der Waals surface area contributed by atoms with Gasteiger partial charge >= 0.3 is 18.5 Å². The quantitative estimate of drug-likeness (QED) is 0.872. The van der Waals surface area contributed by atoms with Crippen LogP contribution in [0.15, 0.2) is 22.6 Å². The zero-order valence-electron chi connectivity index (χ0n) is 7.68. The molecule has 0 amide bonds. The minimum Gasteiger partial charge on any atom is -0.474 e. The van der Waals surface area contributed by atoms with Gasteiger partial charge in [0.15, 0.2) is 16.8 Å². The van der Waals surface area contributed by atoms with E-state index in [9.17, 15) is 13.6 Å². The Balaban J connectivity index is 2.54. The molecule has 0 bridgehead atoms. The predicted molar refractivity (Wildman–Crippen MR) is 47.6 cm³/mol. The number of carboxylic acids is 1. The van der Waals surface area contributed by atoms with E-state index in [2.05, 4.69) is 9.72 Å². The van der Waals surface area contributed by atoms with Crippen molar-refractivity contribution < 1.29 is 27.8 Å². The number of rotatable bonds is 3. The van der Waals surface area contributed by atoms with Crippen LogP contribution in [0.5, 0.6) is 5.75 Å². The lowest BCUT2D eigenvalue weighted by atomic mass is 10.3. The van der Waals surface area contributed by atoms with Gasteiger partial charge in [-0.3, -0.25) is 0 Å². The molecular weight excluding hydrogens is 224 g/mol. The summed E-state index contributed by atoms with van der Waals surface area (Å²) in [5.41, 5.74) is 0.0377. The van der Waals surface area contributed by atoms with Gasteiger partial charge in [-0.15, -0.1) is 0 Å². The molecule has 0 fully saturated rings. The second kappa shape index (κ2) is 3.76. The molecule has 0 aliphatic heterocycles. The molecule has 0 spiro atoms. The average molecular weight is 229 g/mol. The highest BCUT2D eigenvalue weighted by Gasteiger charge is 2.17. The number of carbonyl (C=O) groups is 1. The third-order valence-corrected chi connectivity index (χ3v) is 1.78. The number of hydrogen-bond donors (Lipinski definition) is 1. The van der Waals surface area contributed by atoms with Crippen LogP contribution in [0.1, 0.15) is 10.7 Å². The molecule has 1 aromatic heterocycles. The number of hydrogen-bond acceptors (Lipinski definition) is 4. The Kier molecular flexibility index (Phi) is 2.43. The molecule has 1 aromatic carbocycles. The molecule has 0 saturated heterocycles. The zero-order chi connectivity index (χ0) is 11.7. The maximum atomic E-state index is 12.0. The van der Waals surface area contributed by atoms with Crippen LogP contribution < -0.4 is 4.74 Å². The van der Waals surface area contributed by atoms with Crippen LogP contribution in [0.25, 0.3) is 11.1 Å². The second-order valence-corrected chi connectivity index (χ2v) is 2.81. The molecular formula is C9H5F2NO4. The molecule has 2 aromatic rings. The maximum absolute atomic E-state index is 12.0. The Morgan fingerprint density at radius 3 is 2.88 bits per heavy atom. The fourth-order valence-electron chi connectivity index (χ4n) is 1.21. The van der Waals surface area contributed by atoms with E-state index in [4.69, 9.17) is 9.52 Å². The SMILES string of the molecule is O=C(O)c1nc2c(OC(F)F)cccc2o1. The van der Waals surface area contributed by atoms with Gasteiger partial charge in [0.05, 0.1) is 0 Å². The first-order chi connectivity index (χ1) is 7.58. The number of alkyl halides is 2. The zero-order valence-corrected chi connectivity index (χ0v) is 7.68. The highest BCUT2D eigenvalue weighted by atomic mass is 19.3. The Morgan fingerprint density at radius 1 is 1.50 bits per heavy atom. The fraction of sp³-hybridized carbons (Fsp3) is 0.111. The Hall–Kier alpha value is -2.18. The summed E-state index contributed by atoms with van der Waals surface area (Å²) in [6, 6.07) is 4.06. The summed E-state index contributed by atoms with van der Waals surface area (Å²) < 4.78 is 33.0. The number of benzene rings is 1. The van der Waals surface area contributed by atoms with Crippen LogP contribution in [-0.4, -0.2) is 22.7 Å². The standard InChI is InChI=1S/C9H5F2NO4/c10-9(11)16-5-3-1-2-4-6(5)12-7(15-4)8(13)14/h1-3,9H,(H,13,14). The van der Waals surface area contributed by atoms with Crippen LogP contribution in [0, 0.1) is 0 Å². The van der Waals surface area contributed by atoms with Gasteiger partial charge in [0.1, 0.15) is 0 Å². The molecule has 1 N–H and O–H groups in total. The molecule has 0 unspecified atom stereocenters. The number of fused-ring (bicyclic) bond motifs is 1. The van der Waals surface area contributed by atoms with E-state index in [0.29, 0.717) is 0 Å². The van der Waals surface area contributed by atoms with E-state index >= 15 is 0 Å². The van der Waals surface area contributed by atoms with E-state index < -0.39 is 18.5 Å². The summed E-state index contributed by atoms with van der Waals surface area (Å²) in [4.78, 5) is 14.1. The van der Waals surface area contributed by atoms with E-state index in [1.54, 1.807) is 0 Å². The summed E-state index contributed by atoms with van der Waals surface area (Å²) in [6.45, 7) is -3.00. The molecule has 0 aliphatic rings. The summed E-state index contributed by atoms with van der Waals surface area (Å²) >= 11 is 0. The molecule has 0 aliphatic carbocycles. The smallest absolute Gasteiger partial charge is 0.392 e. The largest absolute Gasteiger partial charge is 0.474 e. The first-order valence-electron chi connectivity index (χ1n) is 4.15. The van der Waals surface area contributed by atoms with E-state index in [1.165, 1.54) is 18.2 Å². The Morgan fingerprint density at radius 2 is 2.25 bits per heavy atom. The number of oxazole rings is 1. The van der Waals surface area contributed by atoms with Gasteiger partial charge in [0, 0.05) is 0 Å². The molecule has 2 rings (SSSR count). The number of halogens is 2. The molecule has 5 nitrogen and oxygen atoms in total. The van der Waals surface area contributed by atoms with Crippen molar-refractivity contribution in [3.05, 3.63) is 24.1 Å². The molecule has 16 heavy (non-hydrogen) atoms. The first-order valence-corrected chi connectivity index (χ1v) is 4.15.